The van der Waals surface area contributed by atoms with E-state index in [1.807, 2.05) is 0 Å². The Morgan fingerprint density at radius 1 is 1.15 bits per heavy atom. The van der Waals surface area contributed by atoms with Crippen molar-refractivity contribution in [3.05, 3.63) is 0 Å². The number of carbonyl (C=O) groups excluding carboxylic acids is 3. The lowest BCUT2D eigenvalue weighted by molar-refractivity contribution is -0.158. The third kappa shape index (κ3) is 8.54. The zero-order chi connectivity index (χ0) is 20.1. The highest BCUT2D eigenvalue weighted by Crippen LogP contribution is 2.18. The largest absolute Gasteiger partial charge is 0.458 e. The van der Waals surface area contributed by atoms with Gasteiger partial charge in [-0.05, 0) is 60.3 Å². The molecule has 0 radical (unpaired) electrons. The van der Waals surface area contributed by atoms with Crippen molar-refractivity contribution in [3.63, 3.8) is 0 Å². The second-order valence-electron chi connectivity index (χ2n) is 9.00. The number of nitrogens with zero attached hydrogens (tertiary/aromatic N) is 1. The van der Waals surface area contributed by atoms with Gasteiger partial charge in [-0.25, -0.2) is 9.59 Å². The lowest BCUT2D eigenvalue weighted by atomic mass is 9.99. The van der Waals surface area contributed by atoms with Gasteiger partial charge >= 0.3 is 12.1 Å². The average molecular weight is 370 g/mol. The summed E-state index contributed by atoms with van der Waals surface area (Å²) in [5, 5.41) is 2.59. The minimum atomic E-state index is -0.867. The molecule has 0 saturated carbocycles. The number of piperidine rings is 1. The molecule has 1 fully saturated rings. The predicted molar refractivity (Wildman–Crippen MR) is 98.6 cm³/mol. The first-order valence-corrected chi connectivity index (χ1v) is 9.27. The first-order valence-electron chi connectivity index (χ1n) is 9.27. The third-order valence-electron chi connectivity index (χ3n) is 3.81. The van der Waals surface area contributed by atoms with Gasteiger partial charge in [-0.3, -0.25) is 4.79 Å². The molecule has 0 spiro atoms. The highest BCUT2D eigenvalue weighted by Gasteiger charge is 2.30. The van der Waals surface area contributed by atoms with Crippen molar-refractivity contribution in [1.29, 1.82) is 0 Å². The monoisotopic (exact) mass is 370 g/mol. The van der Waals surface area contributed by atoms with Gasteiger partial charge < -0.3 is 19.7 Å². The molecule has 1 rings (SSSR count). The molecular weight excluding hydrogens is 336 g/mol. The Bertz CT molecular complexity index is 519. The van der Waals surface area contributed by atoms with Crippen molar-refractivity contribution in [3.8, 4) is 0 Å². The number of esters is 1. The van der Waals surface area contributed by atoms with Gasteiger partial charge in [-0.15, -0.1) is 0 Å². The molecule has 0 aromatic heterocycles. The average Bonchev–Trinajstić information content (AvgIpc) is 2.42. The van der Waals surface area contributed by atoms with Crippen LogP contribution in [0, 0.1) is 5.92 Å². The second kappa shape index (κ2) is 8.73. The number of ether oxygens (including phenoxy) is 2. The molecule has 1 heterocycles. The van der Waals surface area contributed by atoms with Crippen LogP contribution in [0.5, 0.6) is 0 Å². The van der Waals surface area contributed by atoms with E-state index in [9.17, 15) is 14.4 Å². The molecule has 2 amide bonds. The van der Waals surface area contributed by atoms with Crippen LogP contribution in [0.2, 0.25) is 0 Å². The molecule has 1 N–H and O–H groups in total. The summed E-state index contributed by atoms with van der Waals surface area (Å²) < 4.78 is 10.6. The number of likely N-dealkylation sites (tertiary alicyclic amines) is 1. The normalized spacial score (nSPS) is 19.7. The smallest absolute Gasteiger partial charge is 0.408 e. The molecule has 0 aromatic rings. The van der Waals surface area contributed by atoms with Crippen molar-refractivity contribution < 1.29 is 23.9 Å². The van der Waals surface area contributed by atoms with Gasteiger partial charge in [0.1, 0.15) is 17.2 Å². The van der Waals surface area contributed by atoms with Crippen molar-refractivity contribution in [2.45, 2.75) is 85.0 Å². The van der Waals surface area contributed by atoms with Gasteiger partial charge in [-0.1, -0.05) is 6.92 Å². The molecule has 150 valence electrons. The zero-order valence-electron chi connectivity index (χ0n) is 17.2. The van der Waals surface area contributed by atoms with Crippen LogP contribution in [-0.4, -0.2) is 53.2 Å². The maximum Gasteiger partial charge on any atom is 0.408 e. The molecule has 0 aliphatic carbocycles. The van der Waals surface area contributed by atoms with E-state index in [-0.39, 0.29) is 12.3 Å². The number of alkyl carbamates (subject to hydrolysis) is 1. The number of rotatable bonds is 5. The Kier molecular flexibility index (Phi) is 7.47. The van der Waals surface area contributed by atoms with E-state index < -0.39 is 29.3 Å². The maximum absolute atomic E-state index is 12.5. The zero-order valence-corrected chi connectivity index (χ0v) is 17.2. The summed E-state index contributed by atoms with van der Waals surface area (Å²) in [4.78, 5) is 38.4. The lowest BCUT2D eigenvalue weighted by Crippen LogP contribution is -2.48. The minimum absolute atomic E-state index is 0.0864. The van der Waals surface area contributed by atoms with E-state index in [1.54, 1.807) is 46.4 Å². The maximum atomic E-state index is 12.5. The Morgan fingerprint density at radius 3 is 2.27 bits per heavy atom. The van der Waals surface area contributed by atoms with Crippen molar-refractivity contribution in [2.24, 2.45) is 5.92 Å². The van der Waals surface area contributed by atoms with Crippen LogP contribution in [0.1, 0.15) is 67.7 Å². The Morgan fingerprint density at radius 2 is 1.73 bits per heavy atom. The van der Waals surface area contributed by atoms with E-state index in [2.05, 4.69) is 12.2 Å². The summed E-state index contributed by atoms with van der Waals surface area (Å²) in [5.41, 5.74) is -1.33. The summed E-state index contributed by atoms with van der Waals surface area (Å²) in [5.74, 6) is -0.00401. The molecule has 7 heteroatoms. The molecule has 2 atom stereocenters. The van der Waals surface area contributed by atoms with Crippen LogP contribution in [0.3, 0.4) is 0 Å². The standard InChI is InChI=1S/C19H34N2O5/c1-13-8-9-15(22)21(12-13)11-10-14(16(23)25-18(2,3)4)20-17(24)26-19(5,6)7/h13-14H,8-12H2,1-7H3,(H,20,24)/t13-,14?/m1/s1. The molecule has 0 aromatic carbocycles. The second-order valence-corrected chi connectivity index (χ2v) is 9.00. The topological polar surface area (TPSA) is 84.9 Å². The van der Waals surface area contributed by atoms with Crippen LogP contribution in [-0.2, 0) is 19.1 Å². The fourth-order valence-electron chi connectivity index (χ4n) is 2.67. The van der Waals surface area contributed by atoms with E-state index in [0.29, 0.717) is 25.4 Å². The van der Waals surface area contributed by atoms with Gasteiger partial charge in [-0.2, -0.15) is 0 Å². The number of hydrogen-bond acceptors (Lipinski definition) is 5. The lowest BCUT2D eigenvalue weighted by Gasteiger charge is -2.32. The Balaban J connectivity index is 2.74. The molecule has 1 unspecified atom stereocenters. The fourth-order valence-corrected chi connectivity index (χ4v) is 2.67. The SMILES string of the molecule is C[C@@H]1CCC(=O)N(CCC(NC(=O)OC(C)(C)C)C(=O)OC(C)(C)C)C1. The predicted octanol–water partition coefficient (Wildman–Crippen LogP) is 2.87. The van der Waals surface area contributed by atoms with E-state index in [4.69, 9.17) is 9.47 Å². The first-order chi connectivity index (χ1) is 11.8. The van der Waals surface area contributed by atoms with Crippen molar-refractivity contribution in [2.75, 3.05) is 13.1 Å². The van der Waals surface area contributed by atoms with Gasteiger partial charge in [0, 0.05) is 19.5 Å². The van der Waals surface area contributed by atoms with Crippen molar-refractivity contribution in [1.82, 2.24) is 10.2 Å². The van der Waals surface area contributed by atoms with Crippen LogP contribution >= 0.6 is 0 Å². The van der Waals surface area contributed by atoms with E-state index in [1.165, 1.54) is 0 Å². The highest BCUT2D eigenvalue weighted by molar-refractivity contribution is 5.82. The van der Waals surface area contributed by atoms with Gasteiger partial charge in [0.05, 0.1) is 0 Å². The quantitative estimate of drug-likeness (QED) is 0.752. The highest BCUT2D eigenvalue weighted by atomic mass is 16.6. The Labute approximate surface area is 156 Å². The molecule has 26 heavy (non-hydrogen) atoms. The summed E-state index contributed by atoms with van der Waals surface area (Å²) in [6, 6.07) is -0.867. The molecule has 0 bridgehead atoms. The summed E-state index contributed by atoms with van der Waals surface area (Å²) in [7, 11) is 0. The van der Waals surface area contributed by atoms with Crippen LogP contribution in [0.25, 0.3) is 0 Å². The summed E-state index contributed by atoms with van der Waals surface area (Å²) in [6.07, 6.45) is 1.03. The van der Waals surface area contributed by atoms with Gasteiger partial charge in [0.2, 0.25) is 5.91 Å². The number of amides is 2. The van der Waals surface area contributed by atoms with Crippen molar-refractivity contribution >= 4 is 18.0 Å². The van der Waals surface area contributed by atoms with E-state index >= 15 is 0 Å². The van der Waals surface area contributed by atoms with Gasteiger partial charge in [0.15, 0.2) is 0 Å². The first kappa shape index (κ1) is 22.3. The van der Waals surface area contributed by atoms with Gasteiger partial charge in [0.25, 0.3) is 0 Å². The van der Waals surface area contributed by atoms with Crippen LogP contribution in [0.4, 0.5) is 4.79 Å². The number of hydrogen-bond donors (Lipinski definition) is 1. The van der Waals surface area contributed by atoms with Crippen LogP contribution in [0.15, 0.2) is 0 Å². The third-order valence-corrected chi connectivity index (χ3v) is 3.81. The molecule has 1 aliphatic rings. The molecular formula is C19H34N2O5. The molecule has 7 nitrogen and oxygen atoms in total. The molecule has 1 aliphatic heterocycles. The summed E-state index contributed by atoms with van der Waals surface area (Å²) in [6.45, 7) is 13.7. The number of nitrogens with one attached hydrogen (secondary N) is 1. The fraction of sp³-hybridized carbons (Fsp3) is 0.842. The Hall–Kier alpha value is -1.79. The molecule has 1 saturated heterocycles. The number of carbonyl (C=O) groups is 3. The van der Waals surface area contributed by atoms with Crippen LogP contribution < -0.4 is 5.32 Å². The van der Waals surface area contributed by atoms with E-state index in [0.717, 1.165) is 6.42 Å². The summed E-state index contributed by atoms with van der Waals surface area (Å²) >= 11 is 0. The minimum Gasteiger partial charge on any atom is -0.458 e.